The van der Waals surface area contributed by atoms with Crippen molar-refractivity contribution in [2.45, 2.75) is 25.5 Å². The first kappa shape index (κ1) is 22.2. The van der Waals surface area contributed by atoms with Gasteiger partial charge in [-0.05, 0) is 46.2 Å². The van der Waals surface area contributed by atoms with Crippen LogP contribution in [-0.2, 0) is 11.5 Å². The third-order valence-corrected chi connectivity index (χ3v) is 6.32. The molecule has 1 aromatic heterocycles. The zero-order valence-corrected chi connectivity index (χ0v) is 18.6. The van der Waals surface area contributed by atoms with Crippen LogP contribution in [0.15, 0.2) is 65.6 Å². The minimum Gasteiger partial charge on any atom is -0.362 e. The molecule has 2 heterocycles. The summed E-state index contributed by atoms with van der Waals surface area (Å²) in [4.78, 5) is 27.0. The van der Waals surface area contributed by atoms with Gasteiger partial charge in [-0.2, -0.15) is 5.10 Å². The fourth-order valence-corrected chi connectivity index (χ4v) is 4.46. The fraction of sp³-hybridized carbons (Fsp3) is 0.269. The van der Waals surface area contributed by atoms with Crippen LogP contribution in [0.4, 0.5) is 8.78 Å². The van der Waals surface area contributed by atoms with Crippen LogP contribution in [0.3, 0.4) is 0 Å². The maximum absolute atomic E-state index is 13.5. The van der Waals surface area contributed by atoms with Crippen molar-refractivity contribution < 1.29 is 18.3 Å². The van der Waals surface area contributed by atoms with Crippen molar-refractivity contribution in [1.82, 2.24) is 14.7 Å². The van der Waals surface area contributed by atoms with Gasteiger partial charge in [0.05, 0.1) is 11.6 Å². The second-order valence-corrected chi connectivity index (χ2v) is 8.56. The minimum atomic E-state index is -2.69. The molecule has 6 nitrogen and oxygen atoms in total. The van der Waals surface area contributed by atoms with E-state index in [1.807, 2.05) is 36.4 Å². The van der Waals surface area contributed by atoms with Crippen LogP contribution in [0.2, 0.25) is 0 Å². The molecule has 8 heteroatoms. The summed E-state index contributed by atoms with van der Waals surface area (Å²) in [7, 11) is 1.51. The predicted octanol–water partition coefficient (Wildman–Crippen LogP) is 4.69. The SMILES string of the molecule is COCn1ncc2cc(-c3cccc4cc(C(=O)N5CCC(F)(F)CC5)ccc34)ccc2c1=O. The molecule has 3 aromatic carbocycles. The molecule has 0 unspecified atom stereocenters. The molecule has 0 N–H and O–H groups in total. The Hall–Kier alpha value is -3.65. The molecule has 1 aliphatic rings. The highest BCUT2D eigenvalue weighted by Crippen LogP contribution is 2.32. The normalized spacial score (nSPS) is 15.7. The Kier molecular flexibility index (Phi) is 5.61. The number of benzene rings is 3. The lowest BCUT2D eigenvalue weighted by atomic mass is 9.95. The Balaban J connectivity index is 1.49. The van der Waals surface area contributed by atoms with E-state index >= 15 is 0 Å². The third kappa shape index (κ3) is 4.05. The number of alkyl halides is 2. The van der Waals surface area contributed by atoms with Gasteiger partial charge in [-0.25, -0.2) is 13.5 Å². The van der Waals surface area contributed by atoms with E-state index in [1.54, 1.807) is 24.4 Å². The lowest BCUT2D eigenvalue weighted by Gasteiger charge is -2.31. The largest absolute Gasteiger partial charge is 0.362 e. The molecule has 0 saturated carbocycles. The van der Waals surface area contributed by atoms with E-state index in [0.717, 1.165) is 27.3 Å². The second kappa shape index (κ2) is 8.61. The number of fused-ring (bicyclic) bond motifs is 2. The first-order valence-corrected chi connectivity index (χ1v) is 11.1. The molecule has 0 radical (unpaired) electrons. The van der Waals surface area contributed by atoms with Gasteiger partial charge in [0.25, 0.3) is 17.4 Å². The molecule has 1 saturated heterocycles. The summed E-state index contributed by atoms with van der Waals surface area (Å²) in [5.74, 6) is -2.92. The number of aromatic nitrogens is 2. The monoisotopic (exact) mass is 463 g/mol. The van der Waals surface area contributed by atoms with Gasteiger partial charge in [0.15, 0.2) is 0 Å². The van der Waals surface area contributed by atoms with Crippen LogP contribution >= 0.6 is 0 Å². The number of amides is 1. The molecule has 1 fully saturated rings. The van der Waals surface area contributed by atoms with Gasteiger partial charge in [-0.15, -0.1) is 0 Å². The molecule has 0 spiro atoms. The van der Waals surface area contributed by atoms with Crippen molar-refractivity contribution in [3.8, 4) is 11.1 Å². The van der Waals surface area contributed by atoms with Gasteiger partial charge < -0.3 is 9.64 Å². The summed E-state index contributed by atoms with van der Waals surface area (Å²) < 4.78 is 33.2. The van der Waals surface area contributed by atoms with E-state index in [-0.39, 0.29) is 44.1 Å². The second-order valence-electron chi connectivity index (χ2n) is 8.56. The molecule has 1 amide bonds. The minimum absolute atomic E-state index is 0.0567. The Morgan fingerprint density at radius 2 is 1.79 bits per heavy atom. The van der Waals surface area contributed by atoms with E-state index < -0.39 is 5.92 Å². The Labute approximate surface area is 194 Å². The van der Waals surface area contributed by atoms with Gasteiger partial charge in [-0.1, -0.05) is 30.3 Å². The fourth-order valence-electron chi connectivity index (χ4n) is 4.46. The number of carbonyl (C=O) groups excluding carboxylic acids is 1. The average Bonchev–Trinajstić information content (AvgIpc) is 2.84. The summed E-state index contributed by atoms with van der Waals surface area (Å²) in [6, 6.07) is 16.8. The average molecular weight is 463 g/mol. The van der Waals surface area contributed by atoms with E-state index in [9.17, 15) is 18.4 Å². The van der Waals surface area contributed by atoms with Gasteiger partial charge in [0.2, 0.25) is 0 Å². The summed E-state index contributed by atoms with van der Waals surface area (Å²) >= 11 is 0. The van der Waals surface area contributed by atoms with Crippen molar-refractivity contribution >= 4 is 27.5 Å². The van der Waals surface area contributed by atoms with E-state index in [2.05, 4.69) is 5.10 Å². The quantitative estimate of drug-likeness (QED) is 0.441. The number of likely N-dealkylation sites (tertiary alicyclic amines) is 1. The van der Waals surface area contributed by atoms with Gasteiger partial charge >= 0.3 is 0 Å². The summed E-state index contributed by atoms with van der Waals surface area (Å²) in [5.41, 5.74) is 2.14. The van der Waals surface area contributed by atoms with Gasteiger partial charge in [-0.3, -0.25) is 9.59 Å². The van der Waals surface area contributed by atoms with Crippen LogP contribution in [0.25, 0.3) is 32.7 Å². The number of halogens is 2. The smallest absolute Gasteiger partial charge is 0.276 e. The summed E-state index contributed by atoms with van der Waals surface area (Å²) in [6.07, 6.45) is 1.04. The summed E-state index contributed by atoms with van der Waals surface area (Å²) in [6.45, 7) is 0.197. The third-order valence-electron chi connectivity index (χ3n) is 6.32. The van der Waals surface area contributed by atoms with Crippen molar-refractivity contribution in [3.05, 3.63) is 76.7 Å². The first-order valence-electron chi connectivity index (χ1n) is 11.1. The van der Waals surface area contributed by atoms with Crippen molar-refractivity contribution in [2.24, 2.45) is 0 Å². The topological polar surface area (TPSA) is 64.4 Å². The van der Waals surface area contributed by atoms with Crippen molar-refractivity contribution in [2.75, 3.05) is 20.2 Å². The highest BCUT2D eigenvalue weighted by Gasteiger charge is 2.35. The van der Waals surface area contributed by atoms with Gasteiger partial charge in [0.1, 0.15) is 6.73 Å². The first-order chi connectivity index (χ1) is 16.4. The van der Waals surface area contributed by atoms with E-state index in [4.69, 9.17) is 4.74 Å². The number of nitrogens with zero attached hydrogens (tertiary/aromatic N) is 3. The number of ether oxygens (including phenoxy) is 1. The molecule has 0 aliphatic carbocycles. The molecule has 5 rings (SSSR count). The molecule has 1 aliphatic heterocycles. The van der Waals surface area contributed by atoms with Crippen LogP contribution in [0, 0.1) is 0 Å². The number of rotatable bonds is 4. The zero-order chi connectivity index (χ0) is 23.9. The number of methoxy groups -OCH3 is 1. The van der Waals surface area contributed by atoms with E-state index in [0.29, 0.717) is 10.9 Å². The predicted molar refractivity (Wildman–Crippen MR) is 126 cm³/mol. The molecule has 4 aromatic rings. The van der Waals surface area contributed by atoms with E-state index in [1.165, 1.54) is 16.7 Å². The number of carbonyl (C=O) groups is 1. The van der Waals surface area contributed by atoms with Crippen molar-refractivity contribution in [3.63, 3.8) is 0 Å². The summed E-state index contributed by atoms with van der Waals surface area (Å²) in [5, 5.41) is 7.27. The zero-order valence-electron chi connectivity index (χ0n) is 18.6. The molecule has 0 atom stereocenters. The Morgan fingerprint density at radius 1 is 1.03 bits per heavy atom. The molecular formula is C26H23F2N3O3. The molecule has 174 valence electrons. The van der Waals surface area contributed by atoms with Crippen LogP contribution in [0.1, 0.15) is 23.2 Å². The Bertz CT molecular complexity index is 1460. The highest BCUT2D eigenvalue weighted by molar-refractivity contribution is 6.03. The van der Waals surface area contributed by atoms with Crippen LogP contribution in [-0.4, -0.2) is 46.7 Å². The standard InChI is InChI=1S/C26H23F2N3O3/c1-34-16-31-25(33)23-8-5-18(14-20(23)15-29-31)21-4-2-3-17-13-19(6-7-22(17)21)24(32)30-11-9-26(27,28)10-12-30/h2-8,13-15H,9-12,16H2,1H3. The number of hydrogen-bond acceptors (Lipinski definition) is 4. The van der Waals surface area contributed by atoms with Gasteiger partial charge in [0, 0.05) is 44.0 Å². The molecular weight excluding hydrogens is 440 g/mol. The molecule has 0 bridgehead atoms. The van der Waals surface area contributed by atoms with Crippen molar-refractivity contribution in [1.29, 1.82) is 0 Å². The Morgan fingerprint density at radius 3 is 2.56 bits per heavy atom. The lowest BCUT2D eigenvalue weighted by molar-refractivity contribution is -0.0494. The number of hydrogen-bond donors (Lipinski definition) is 0. The maximum Gasteiger partial charge on any atom is 0.276 e. The van der Waals surface area contributed by atoms with Crippen LogP contribution < -0.4 is 5.56 Å². The lowest BCUT2D eigenvalue weighted by Crippen LogP contribution is -2.42. The van der Waals surface area contributed by atoms with Crippen LogP contribution in [0.5, 0.6) is 0 Å². The maximum atomic E-state index is 13.5. The molecule has 34 heavy (non-hydrogen) atoms. The highest BCUT2D eigenvalue weighted by atomic mass is 19.3. The number of piperidine rings is 1.